The molecule has 0 aliphatic carbocycles. The molecule has 120 valence electrons. The summed E-state index contributed by atoms with van der Waals surface area (Å²) < 4.78 is 34.9. The minimum atomic E-state index is -1.49. The molecule has 3 aromatic rings. The van der Waals surface area contributed by atoms with Crippen LogP contribution in [0, 0.1) is 0 Å². The summed E-state index contributed by atoms with van der Waals surface area (Å²) in [5.41, 5.74) is 2.36. The van der Waals surface area contributed by atoms with Gasteiger partial charge in [0, 0.05) is 16.3 Å². The van der Waals surface area contributed by atoms with Gasteiger partial charge in [0.2, 0.25) is 0 Å². The predicted molar refractivity (Wildman–Crippen MR) is 94.1 cm³/mol. The van der Waals surface area contributed by atoms with Gasteiger partial charge < -0.3 is 8.97 Å². The van der Waals surface area contributed by atoms with Crippen molar-refractivity contribution in [1.29, 1.82) is 0 Å². The minimum absolute atomic E-state index is 0.199. The van der Waals surface area contributed by atoms with Gasteiger partial charge in [-0.05, 0) is 45.0 Å². The molecule has 3 rings (SSSR count). The molecular formula is C18H18FNO2S. The Morgan fingerprint density at radius 2 is 1.83 bits per heavy atom. The Labute approximate surface area is 137 Å². The maximum absolute atomic E-state index is 13.4. The van der Waals surface area contributed by atoms with Gasteiger partial charge in [0.15, 0.2) is 0 Å². The van der Waals surface area contributed by atoms with Crippen LogP contribution >= 0.6 is 0 Å². The largest absolute Gasteiger partial charge is 0.591 e. The molecule has 5 heteroatoms. The molecule has 1 aromatic heterocycles. The number of benzene rings is 2. The van der Waals surface area contributed by atoms with Gasteiger partial charge in [0.05, 0.1) is 0 Å². The van der Waals surface area contributed by atoms with Gasteiger partial charge in [0.1, 0.15) is 39.7 Å². The lowest BCUT2D eigenvalue weighted by Crippen LogP contribution is -2.27. The third-order valence-electron chi connectivity index (χ3n) is 3.55. The summed E-state index contributed by atoms with van der Waals surface area (Å²) in [6.45, 7) is 4.68. The molecule has 1 heterocycles. The molecule has 23 heavy (non-hydrogen) atoms. The molecular weight excluding hydrogens is 313 g/mol. The Bertz CT molecular complexity index is 879. The summed E-state index contributed by atoms with van der Waals surface area (Å²) in [4.78, 5) is 0. The minimum Gasteiger partial charge on any atom is -0.591 e. The average molecular weight is 331 g/mol. The van der Waals surface area contributed by atoms with Crippen LogP contribution in [-0.2, 0) is 11.4 Å². The van der Waals surface area contributed by atoms with Crippen molar-refractivity contribution in [3.8, 4) is 0 Å². The molecule has 0 amide bonds. The number of hydrogen-bond acceptors (Lipinski definition) is 3. The Kier molecular flexibility index (Phi) is 4.17. The first-order valence-corrected chi connectivity index (χ1v) is 8.48. The van der Waals surface area contributed by atoms with Gasteiger partial charge in [-0.2, -0.15) is 0 Å². The fraction of sp³-hybridized carbons (Fsp3) is 0.278. The second kappa shape index (κ2) is 5.98. The summed E-state index contributed by atoms with van der Waals surface area (Å²) in [5, 5.41) is 1.88. The SMILES string of the molecule is CC(C)(C)[S@@+]([O-])/N=C(\CF)c1ccc2oc3ccccc3c2c1. The Balaban J connectivity index is 2.11. The Morgan fingerprint density at radius 3 is 2.52 bits per heavy atom. The first-order valence-electron chi connectivity index (χ1n) is 7.37. The first-order chi connectivity index (χ1) is 10.9. The van der Waals surface area contributed by atoms with Crippen LogP contribution in [0.3, 0.4) is 0 Å². The number of hydrogen-bond donors (Lipinski definition) is 0. The van der Waals surface area contributed by atoms with E-state index in [2.05, 4.69) is 4.40 Å². The molecule has 0 fully saturated rings. The van der Waals surface area contributed by atoms with E-state index in [0.717, 1.165) is 21.9 Å². The van der Waals surface area contributed by atoms with Gasteiger partial charge >= 0.3 is 0 Å². The van der Waals surface area contributed by atoms with Crippen molar-refractivity contribution in [3.05, 3.63) is 48.0 Å². The van der Waals surface area contributed by atoms with E-state index in [0.29, 0.717) is 5.56 Å². The van der Waals surface area contributed by atoms with Crippen LogP contribution in [0.2, 0.25) is 0 Å². The van der Waals surface area contributed by atoms with Crippen molar-refractivity contribution in [3.63, 3.8) is 0 Å². The van der Waals surface area contributed by atoms with Gasteiger partial charge in [-0.3, -0.25) is 0 Å². The lowest BCUT2D eigenvalue weighted by Gasteiger charge is -2.19. The maximum atomic E-state index is 13.4. The van der Waals surface area contributed by atoms with E-state index < -0.39 is 22.8 Å². The van der Waals surface area contributed by atoms with E-state index in [9.17, 15) is 8.94 Å². The van der Waals surface area contributed by atoms with Crippen molar-refractivity contribution in [2.24, 2.45) is 4.40 Å². The molecule has 0 aliphatic heterocycles. The molecule has 3 nitrogen and oxygen atoms in total. The molecule has 0 aliphatic rings. The van der Waals surface area contributed by atoms with Gasteiger partial charge in [-0.25, -0.2) is 4.39 Å². The molecule has 0 N–H and O–H groups in total. The zero-order valence-corrected chi connectivity index (χ0v) is 14.1. The second-order valence-electron chi connectivity index (χ2n) is 6.34. The number of halogens is 1. The van der Waals surface area contributed by atoms with Crippen molar-refractivity contribution in [2.45, 2.75) is 25.5 Å². The first kappa shape index (κ1) is 16.0. The van der Waals surface area contributed by atoms with Gasteiger partial charge in [-0.1, -0.05) is 22.6 Å². The monoisotopic (exact) mass is 331 g/mol. The van der Waals surface area contributed by atoms with Crippen molar-refractivity contribution >= 4 is 39.0 Å². The lowest BCUT2D eigenvalue weighted by atomic mass is 10.1. The fourth-order valence-corrected chi connectivity index (χ4v) is 2.93. The summed E-state index contributed by atoms with van der Waals surface area (Å²) in [6, 6.07) is 13.1. The van der Waals surface area contributed by atoms with Crippen LogP contribution in [0.15, 0.2) is 51.3 Å². The van der Waals surface area contributed by atoms with Crippen molar-refractivity contribution in [2.75, 3.05) is 6.67 Å². The summed E-state index contributed by atoms with van der Waals surface area (Å²) in [5.74, 6) is 0. The highest BCUT2D eigenvalue weighted by Crippen LogP contribution is 2.29. The van der Waals surface area contributed by atoms with Crippen LogP contribution in [0.5, 0.6) is 0 Å². The molecule has 0 saturated heterocycles. The van der Waals surface area contributed by atoms with E-state index >= 15 is 0 Å². The van der Waals surface area contributed by atoms with E-state index in [1.807, 2.05) is 51.1 Å². The van der Waals surface area contributed by atoms with Gasteiger partial charge in [-0.15, -0.1) is 0 Å². The number of fused-ring (bicyclic) bond motifs is 3. The molecule has 0 bridgehead atoms. The summed E-state index contributed by atoms with van der Waals surface area (Å²) >= 11 is -1.49. The fourth-order valence-electron chi connectivity index (χ4n) is 2.30. The molecule has 0 saturated carbocycles. The van der Waals surface area contributed by atoms with E-state index in [-0.39, 0.29) is 5.71 Å². The van der Waals surface area contributed by atoms with Crippen LogP contribution in [0.4, 0.5) is 4.39 Å². The van der Waals surface area contributed by atoms with Crippen molar-refractivity contribution < 1.29 is 13.4 Å². The number of rotatable bonds is 3. The van der Waals surface area contributed by atoms with E-state index in [1.165, 1.54) is 0 Å². The molecule has 0 radical (unpaired) electrons. The topological polar surface area (TPSA) is 48.6 Å². The standard InChI is InChI=1S/C18H18FNO2S/c1-18(2,3)23(21)20-15(11-19)12-8-9-17-14(10-12)13-6-4-5-7-16(13)22-17/h4-10H,11H2,1-3H3/b20-15+/t23-/m1/s1. The second-order valence-corrected chi connectivity index (χ2v) is 8.25. The highest BCUT2D eigenvalue weighted by atomic mass is 32.2. The number of alkyl halides is 1. The summed E-state index contributed by atoms with van der Waals surface area (Å²) in [6.07, 6.45) is 0. The molecule has 0 spiro atoms. The number of furan rings is 1. The number of para-hydroxylation sites is 1. The van der Waals surface area contributed by atoms with E-state index in [4.69, 9.17) is 4.42 Å². The molecule has 2 aromatic carbocycles. The quantitative estimate of drug-likeness (QED) is 0.511. The Hall–Kier alpha value is -1.85. The predicted octanol–water partition coefficient (Wildman–Crippen LogP) is 4.81. The third-order valence-corrected chi connectivity index (χ3v) is 4.99. The lowest BCUT2D eigenvalue weighted by molar-refractivity contribution is 0.558. The van der Waals surface area contributed by atoms with Crippen LogP contribution in [0.1, 0.15) is 26.3 Å². The van der Waals surface area contributed by atoms with Crippen LogP contribution < -0.4 is 0 Å². The normalized spacial score (nSPS) is 14.6. The van der Waals surface area contributed by atoms with Crippen LogP contribution in [0.25, 0.3) is 21.9 Å². The van der Waals surface area contributed by atoms with Crippen LogP contribution in [-0.4, -0.2) is 21.7 Å². The zero-order valence-electron chi connectivity index (χ0n) is 13.3. The average Bonchev–Trinajstić information content (AvgIpc) is 2.89. The highest BCUT2D eigenvalue weighted by Gasteiger charge is 2.27. The molecule has 1 atom stereocenters. The Morgan fingerprint density at radius 1 is 1.13 bits per heavy atom. The summed E-state index contributed by atoms with van der Waals surface area (Å²) in [7, 11) is 0. The maximum Gasteiger partial charge on any atom is 0.144 e. The van der Waals surface area contributed by atoms with Crippen molar-refractivity contribution in [1.82, 2.24) is 0 Å². The van der Waals surface area contributed by atoms with E-state index in [1.54, 1.807) is 12.1 Å². The highest BCUT2D eigenvalue weighted by molar-refractivity contribution is 7.91. The smallest absolute Gasteiger partial charge is 0.144 e. The third kappa shape index (κ3) is 3.12. The molecule has 0 unspecified atom stereocenters. The zero-order chi connectivity index (χ0) is 16.6. The van der Waals surface area contributed by atoms with Gasteiger partial charge in [0.25, 0.3) is 0 Å². The number of nitrogens with zero attached hydrogens (tertiary/aromatic N) is 1.